The molecule has 0 atom stereocenters. The van der Waals surface area contributed by atoms with Gasteiger partial charge in [-0.05, 0) is 18.2 Å². The number of hydrogen-bond acceptors (Lipinski definition) is 4. The number of nitrogens with zero attached hydrogens (tertiary/aromatic N) is 5. The van der Waals surface area contributed by atoms with Crippen LogP contribution in [0.25, 0.3) is 11.0 Å². The fourth-order valence-corrected chi connectivity index (χ4v) is 2.43. The van der Waals surface area contributed by atoms with Crippen LogP contribution in [0.15, 0.2) is 24.5 Å². The number of rotatable bonds is 4. The van der Waals surface area contributed by atoms with Gasteiger partial charge in [0.25, 0.3) is 0 Å². The molecule has 0 radical (unpaired) electrons. The molecule has 0 saturated carbocycles. The number of fused-ring (bicyclic) bond motifs is 1. The quantitative estimate of drug-likeness (QED) is 0.730. The zero-order chi connectivity index (χ0) is 14.1. The first kappa shape index (κ1) is 12.7. The highest BCUT2D eigenvalue weighted by atomic mass is 15.3. The number of aromatic nitrogens is 5. The summed E-state index contributed by atoms with van der Waals surface area (Å²) in [7, 11) is 1.88. The molecule has 6 heteroatoms. The maximum absolute atomic E-state index is 5.82. The maximum Gasteiger partial charge on any atom is 0.152 e. The molecular formula is C14H18N6. The summed E-state index contributed by atoms with van der Waals surface area (Å²) >= 11 is 0. The van der Waals surface area contributed by atoms with Crippen molar-refractivity contribution in [1.29, 1.82) is 0 Å². The van der Waals surface area contributed by atoms with Crippen molar-refractivity contribution in [3.8, 4) is 0 Å². The van der Waals surface area contributed by atoms with E-state index in [1.807, 2.05) is 25.2 Å². The standard InChI is InChI=1S/C14H18N6/c1-3-14-17-11-8-10(15)4-5-12(11)20(14)7-6-13-16-9-19(2)18-13/h4-5,8-9H,3,6-7,15H2,1-2H3. The van der Waals surface area contributed by atoms with Crippen molar-refractivity contribution in [3.63, 3.8) is 0 Å². The number of imidazole rings is 1. The van der Waals surface area contributed by atoms with Crippen LogP contribution in [-0.4, -0.2) is 24.3 Å². The molecule has 2 N–H and O–H groups in total. The minimum absolute atomic E-state index is 0.746. The fourth-order valence-electron chi connectivity index (χ4n) is 2.43. The van der Waals surface area contributed by atoms with E-state index >= 15 is 0 Å². The molecule has 0 unspecified atom stereocenters. The molecule has 0 aliphatic heterocycles. The first-order chi connectivity index (χ1) is 9.67. The van der Waals surface area contributed by atoms with Gasteiger partial charge in [0.15, 0.2) is 5.82 Å². The Kier molecular flexibility index (Phi) is 3.14. The Morgan fingerprint density at radius 1 is 1.30 bits per heavy atom. The van der Waals surface area contributed by atoms with E-state index in [0.29, 0.717) is 0 Å². The molecule has 0 saturated heterocycles. The van der Waals surface area contributed by atoms with Crippen LogP contribution < -0.4 is 5.73 Å². The molecule has 3 rings (SSSR count). The van der Waals surface area contributed by atoms with Crippen molar-refractivity contribution in [2.24, 2.45) is 7.05 Å². The summed E-state index contributed by atoms with van der Waals surface area (Å²) in [5.41, 5.74) is 8.64. The molecule has 0 fully saturated rings. The Bertz CT molecular complexity index is 739. The lowest BCUT2D eigenvalue weighted by Gasteiger charge is -2.06. The van der Waals surface area contributed by atoms with E-state index in [1.54, 1.807) is 11.0 Å². The number of aryl methyl sites for hydroxylation is 4. The van der Waals surface area contributed by atoms with Gasteiger partial charge >= 0.3 is 0 Å². The summed E-state index contributed by atoms with van der Waals surface area (Å²) in [5.74, 6) is 1.92. The lowest BCUT2D eigenvalue weighted by Crippen LogP contribution is -2.06. The van der Waals surface area contributed by atoms with Crippen molar-refractivity contribution in [1.82, 2.24) is 24.3 Å². The SMILES string of the molecule is CCc1nc2cc(N)ccc2n1CCc1ncn(C)n1. The smallest absolute Gasteiger partial charge is 0.152 e. The second kappa shape index (κ2) is 4.96. The van der Waals surface area contributed by atoms with Gasteiger partial charge < -0.3 is 10.3 Å². The molecule has 3 aromatic rings. The minimum Gasteiger partial charge on any atom is -0.399 e. The predicted molar refractivity (Wildman–Crippen MR) is 78.2 cm³/mol. The lowest BCUT2D eigenvalue weighted by molar-refractivity contribution is 0.645. The lowest BCUT2D eigenvalue weighted by atomic mass is 10.2. The van der Waals surface area contributed by atoms with Gasteiger partial charge in [0.1, 0.15) is 12.2 Å². The Labute approximate surface area is 117 Å². The maximum atomic E-state index is 5.82. The number of anilines is 1. The third kappa shape index (κ3) is 2.24. The van der Waals surface area contributed by atoms with Gasteiger partial charge in [0.2, 0.25) is 0 Å². The summed E-state index contributed by atoms with van der Waals surface area (Å²) in [5, 5.41) is 4.31. The van der Waals surface area contributed by atoms with Crippen LogP contribution in [-0.2, 0) is 26.4 Å². The molecule has 104 valence electrons. The van der Waals surface area contributed by atoms with Crippen LogP contribution in [0.4, 0.5) is 5.69 Å². The molecule has 1 aromatic carbocycles. The highest BCUT2D eigenvalue weighted by molar-refractivity contribution is 5.79. The van der Waals surface area contributed by atoms with Crippen LogP contribution in [0.5, 0.6) is 0 Å². The van der Waals surface area contributed by atoms with Gasteiger partial charge in [-0.25, -0.2) is 9.97 Å². The van der Waals surface area contributed by atoms with Gasteiger partial charge in [-0.15, -0.1) is 0 Å². The molecule has 6 nitrogen and oxygen atoms in total. The van der Waals surface area contributed by atoms with Gasteiger partial charge in [0.05, 0.1) is 11.0 Å². The average molecular weight is 270 g/mol. The summed E-state index contributed by atoms with van der Waals surface area (Å²) in [6, 6.07) is 5.87. The topological polar surface area (TPSA) is 74.5 Å². The van der Waals surface area contributed by atoms with E-state index in [4.69, 9.17) is 5.73 Å². The van der Waals surface area contributed by atoms with Crippen LogP contribution in [0.1, 0.15) is 18.6 Å². The Morgan fingerprint density at radius 2 is 2.15 bits per heavy atom. The molecular weight excluding hydrogens is 252 g/mol. The molecule has 2 heterocycles. The van der Waals surface area contributed by atoms with Gasteiger partial charge in [-0.3, -0.25) is 4.68 Å². The van der Waals surface area contributed by atoms with E-state index in [1.165, 1.54) is 0 Å². The van der Waals surface area contributed by atoms with Crippen LogP contribution in [0.2, 0.25) is 0 Å². The number of benzene rings is 1. The largest absolute Gasteiger partial charge is 0.399 e. The summed E-state index contributed by atoms with van der Waals surface area (Å²) in [6.45, 7) is 2.94. The van der Waals surface area contributed by atoms with Crippen LogP contribution in [0, 0.1) is 0 Å². The molecule has 0 aliphatic carbocycles. The van der Waals surface area contributed by atoms with E-state index in [2.05, 4.69) is 26.6 Å². The summed E-state index contributed by atoms with van der Waals surface area (Å²) < 4.78 is 3.95. The highest BCUT2D eigenvalue weighted by Crippen LogP contribution is 2.19. The zero-order valence-electron chi connectivity index (χ0n) is 11.7. The second-order valence-corrected chi connectivity index (χ2v) is 4.87. The van der Waals surface area contributed by atoms with Crippen molar-refractivity contribution in [3.05, 3.63) is 36.2 Å². The Hall–Kier alpha value is -2.37. The van der Waals surface area contributed by atoms with Crippen molar-refractivity contribution in [2.45, 2.75) is 26.3 Å². The molecule has 0 aliphatic rings. The number of nitrogens with two attached hydrogens (primary N) is 1. The number of nitrogen functional groups attached to an aromatic ring is 1. The molecule has 0 amide bonds. The van der Waals surface area contributed by atoms with E-state index in [9.17, 15) is 0 Å². The monoisotopic (exact) mass is 270 g/mol. The van der Waals surface area contributed by atoms with Gasteiger partial charge in [-0.1, -0.05) is 6.92 Å². The second-order valence-electron chi connectivity index (χ2n) is 4.87. The molecule has 2 aromatic heterocycles. The van der Waals surface area contributed by atoms with Gasteiger partial charge in [0, 0.05) is 32.1 Å². The summed E-state index contributed by atoms with van der Waals surface area (Å²) in [6.07, 6.45) is 3.41. The third-order valence-corrected chi connectivity index (χ3v) is 3.37. The van der Waals surface area contributed by atoms with E-state index in [0.717, 1.165) is 47.8 Å². The number of hydrogen-bond donors (Lipinski definition) is 1. The fraction of sp³-hybridized carbons (Fsp3) is 0.357. The van der Waals surface area contributed by atoms with Crippen LogP contribution >= 0.6 is 0 Å². The van der Waals surface area contributed by atoms with Crippen molar-refractivity contribution in [2.75, 3.05) is 5.73 Å². The van der Waals surface area contributed by atoms with E-state index in [-0.39, 0.29) is 0 Å². The Balaban J connectivity index is 1.93. The van der Waals surface area contributed by atoms with Crippen molar-refractivity contribution >= 4 is 16.7 Å². The predicted octanol–water partition coefficient (Wildman–Crippen LogP) is 1.55. The van der Waals surface area contributed by atoms with Crippen molar-refractivity contribution < 1.29 is 0 Å². The molecule has 20 heavy (non-hydrogen) atoms. The molecule has 0 bridgehead atoms. The normalized spacial score (nSPS) is 11.3. The first-order valence-electron chi connectivity index (χ1n) is 6.76. The summed E-state index contributed by atoms with van der Waals surface area (Å²) in [4.78, 5) is 8.91. The van der Waals surface area contributed by atoms with Gasteiger partial charge in [-0.2, -0.15) is 5.10 Å². The highest BCUT2D eigenvalue weighted by Gasteiger charge is 2.10. The minimum atomic E-state index is 0.746. The zero-order valence-corrected chi connectivity index (χ0v) is 11.7. The average Bonchev–Trinajstić information content (AvgIpc) is 2.99. The third-order valence-electron chi connectivity index (χ3n) is 3.37. The van der Waals surface area contributed by atoms with Crippen LogP contribution in [0.3, 0.4) is 0 Å². The first-order valence-corrected chi connectivity index (χ1v) is 6.76. The Morgan fingerprint density at radius 3 is 2.85 bits per heavy atom. The molecule has 0 spiro atoms. The van der Waals surface area contributed by atoms with E-state index < -0.39 is 0 Å².